The van der Waals surface area contributed by atoms with Crippen molar-refractivity contribution in [1.29, 1.82) is 0 Å². The van der Waals surface area contributed by atoms with Gasteiger partial charge in [-0.15, -0.1) is 0 Å². The molecule has 2 amide bonds. The zero-order chi connectivity index (χ0) is 16.9. The van der Waals surface area contributed by atoms with Crippen LogP contribution in [0.3, 0.4) is 0 Å². The summed E-state index contributed by atoms with van der Waals surface area (Å²) in [4.78, 5) is 12.1. The fraction of sp³-hybridized carbons (Fsp3) is 0.750. The van der Waals surface area contributed by atoms with Gasteiger partial charge in [-0.05, 0) is 39.5 Å². The third-order valence-corrected chi connectivity index (χ3v) is 3.98. The number of hydrogen-bond donors (Lipinski definition) is 3. The topological polar surface area (TPSA) is 79.2 Å². The predicted molar refractivity (Wildman–Crippen MR) is 87.7 cm³/mol. The van der Waals surface area contributed by atoms with Crippen LogP contribution in [0.1, 0.15) is 56.6 Å². The molecule has 1 aromatic heterocycles. The van der Waals surface area contributed by atoms with Crippen molar-refractivity contribution in [2.24, 2.45) is 13.0 Å². The van der Waals surface area contributed by atoms with Crippen LogP contribution in [0, 0.1) is 19.8 Å². The highest BCUT2D eigenvalue weighted by molar-refractivity contribution is 5.74. The second kappa shape index (κ2) is 8.17. The van der Waals surface area contributed by atoms with E-state index in [9.17, 15) is 9.90 Å². The molecule has 3 N–H and O–H groups in total. The number of aryl methyl sites for hydroxylation is 2. The number of nitrogens with one attached hydrogen (secondary N) is 2. The lowest BCUT2D eigenvalue weighted by Crippen LogP contribution is -2.40. The molecule has 0 fully saturated rings. The van der Waals surface area contributed by atoms with E-state index < -0.39 is 0 Å². The Morgan fingerprint density at radius 3 is 2.45 bits per heavy atom. The van der Waals surface area contributed by atoms with Gasteiger partial charge < -0.3 is 15.7 Å². The largest absolute Gasteiger partial charge is 0.393 e. The summed E-state index contributed by atoms with van der Waals surface area (Å²) in [5, 5.41) is 19.7. The minimum Gasteiger partial charge on any atom is -0.393 e. The quantitative estimate of drug-likeness (QED) is 0.722. The summed E-state index contributed by atoms with van der Waals surface area (Å²) in [6.07, 6.45) is 1.14. The highest BCUT2D eigenvalue weighted by atomic mass is 16.3. The van der Waals surface area contributed by atoms with Crippen LogP contribution in [-0.4, -0.2) is 33.6 Å². The van der Waals surface area contributed by atoms with Gasteiger partial charge >= 0.3 is 6.03 Å². The number of aliphatic hydroxyl groups excluding tert-OH is 1. The number of rotatable bonds is 7. The Morgan fingerprint density at radius 2 is 2.00 bits per heavy atom. The zero-order valence-corrected chi connectivity index (χ0v) is 14.6. The van der Waals surface area contributed by atoms with E-state index in [2.05, 4.69) is 15.7 Å². The summed E-state index contributed by atoms with van der Waals surface area (Å²) in [6.45, 7) is 10.4. The van der Waals surface area contributed by atoms with Crippen molar-refractivity contribution in [3.63, 3.8) is 0 Å². The Hall–Kier alpha value is -1.56. The van der Waals surface area contributed by atoms with Gasteiger partial charge in [-0.25, -0.2) is 4.79 Å². The number of carbonyl (C=O) groups excluding carboxylic acids is 1. The van der Waals surface area contributed by atoms with Crippen molar-refractivity contribution in [3.8, 4) is 0 Å². The first-order chi connectivity index (χ1) is 10.3. The monoisotopic (exact) mass is 310 g/mol. The molecular weight excluding hydrogens is 280 g/mol. The van der Waals surface area contributed by atoms with Crippen LogP contribution in [0.5, 0.6) is 0 Å². The Bertz CT molecular complexity index is 497. The van der Waals surface area contributed by atoms with Crippen LogP contribution in [0.2, 0.25) is 0 Å². The number of aliphatic hydroxyl groups is 1. The lowest BCUT2D eigenvalue weighted by atomic mass is 10.0. The van der Waals surface area contributed by atoms with Gasteiger partial charge in [-0.1, -0.05) is 13.8 Å². The van der Waals surface area contributed by atoms with Crippen LogP contribution in [-0.2, 0) is 7.05 Å². The normalized spacial score (nSPS) is 15.2. The van der Waals surface area contributed by atoms with E-state index in [-0.39, 0.29) is 24.1 Å². The van der Waals surface area contributed by atoms with E-state index in [1.165, 1.54) is 0 Å². The molecule has 0 aliphatic heterocycles. The van der Waals surface area contributed by atoms with E-state index in [4.69, 9.17) is 0 Å². The summed E-state index contributed by atoms with van der Waals surface area (Å²) in [5.74, 6) is 0.243. The number of nitrogens with zero attached hydrogens (tertiary/aromatic N) is 2. The molecule has 0 aromatic carbocycles. The third kappa shape index (κ3) is 5.02. The average Bonchev–Trinajstić information content (AvgIpc) is 2.67. The molecule has 1 aromatic rings. The molecular formula is C16H30N4O2. The Balaban J connectivity index is 2.61. The summed E-state index contributed by atoms with van der Waals surface area (Å²) < 4.78 is 1.84. The lowest BCUT2D eigenvalue weighted by molar-refractivity contribution is 0.163. The molecule has 6 heteroatoms. The van der Waals surface area contributed by atoms with E-state index in [0.29, 0.717) is 13.0 Å². The minimum absolute atomic E-state index is 0.0410. The first kappa shape index (κ1) is 18.5. The average molecular weight is 310 g/mol. The van der Waals surface area contributed by atoms with Gasteiger partial charge in [0.2, 0.25) is 0 Å². The highest BCUT2D eigenvalue weighted by Gasteiger charge is 2.20. The van der Waals surface area contributed by atoms with Crippen LogP contribution in [0.25, 0.3) is 0 Å². The molecule has 0 spiro atoms. The van der Waals surface area contributed by atoms with Gasteiger partial charge in [-0.2, -0.15) is 5.10 Å². The van der Waals surface area contributed by atoms with Crippen molar-refractivity contribution in [1.82, 2.24) is 20.4 Å². The first-order valence-electron chi connectivity index (χ1n) is 7.98. The fourth-order valence-corrected chi connectivity index (χ4v) is 2.81. The van der Waals surface area contributed by atoms with E-state index in [1.807, 2.05) is 39.4 Å². The fourth-order valence-electron chi connectivity index (χ4n) is 2.81. The van der Waals surface area contributed by atoms with Crippen LogP contribution in [0.4, 0.5) is 4.79 Å². The molecule has 0 saturated carbocycles. The van der Waals surface area contributed by atoms with Crippen molar-refractivity contribution in [2.45, 2.75) is 59.6 Å². The first-order valence-corrected chi connectivity index (χ1v) is 7.98. The number of carbonyl (C=O) groups is 1. The third-order valence-electron chi connectivity index (χ3n) is 3.98. The second-order valence-corrected chi connectivity index (χ2v) is 6.21. The zero-order valence-electron chi connectivity index (χ0n) is 14.6. The van der Waals surface area contributed by atoms with Crippen LogP contribution >= 0.6 is 0 Å². The molecule has 0 aliphatic rings. The molecule has 22 heavy (non-hydrogen) atoms. The Morgan fingerprint density at radius 1 is 1.36 bits per heavy atom. The van der Waals surface area contributed by atoms with E-state index in [0.717, 1.165) is 23.4 Å². The number of urea groups is 1. The second-order valence-electron chi connectivity index (χ2n) is 6.21. The van der Waals surface area contributed by atoms with Crippen molar-refractivity contribution >= 4 is 6.03 Å². The molecule has 6 nitrogen and oxygen atoms in total. The number of amides is 2. The van der Waals surface area contributed by atoms with Gasteiger partial charge in [0.05, 0.1) is 17.8 Å². The Kier molecular flexibility index (Phi) is 6.87. The standard InChI is InChI=1S/C16H30N4O2/c1-7-14(15-12(4)19-20(6)13(15)5)18-16(22)17-9-10(2)8-11(3)21/h10-11,14,21H,7-9H2,1-6H3,(H2,17,18,22). The van der Waals surface area contributed by atoms with Crippen molar-refractivity contribution in [2.75, 3.05) is 6.54 Å². The molecule has 0 aliphatic carbocycles. The molecule has 3 atom stereocenters. The predicted octanol–water partition coefficient (Wildman–Crippen LogP) is 2.19. The smallest absolute Gasteiger partial charge is 0.315 e. The van der Waals surface area contributed by atoms with Crippen LogP contribution in [0.15, 0.2) is 0 Å². The molecule has 0 saturated heterocycles. The van der Waals surface area contributed by atoms with Gasteiger partial charge in [0, 0.05) is 24.8 Å². The van der Waals surface area contributed by atoms with Gasteiger partial charge in [0.1, 0.15) is 0 Å². The number of aromatic nitrogens is 2. The molecule has 126 valence electrons. The Labute approximate surface area is 133 Å². The molecule has 0 bridgehead atoms. The van der Waals surface area contributed by atoms with E-state index in [1.54, 1.807) is 6.92 Å². The van der Waals surface area contributed by atoms with Gasteiger partial charge in [-0.3, -0.25) is 4.68 Å². The van der Waals surface area contributed by atoms with E-state index >= 15 is 0 Å². The maximum Gasteiger partial charge on any atom is 0.315 e. The maximum atomic E-state index is 12.1. The molecule has 1 heterocycles. The SMILES string of the molecule is CCC(NC(=O)NCC(C)CC(C)O)c1c(C)nn(C)c1C. The van der Waals surface area contributed by atoms with Gasteiger partial charge in [0.15, 0.2) is 0 Å². The maximum absolute atomic E-state index is 12.1. The summed E-state index contributed by atoms with van der Waals surface area (Å²) >= 11 is 0. The van der Waals surface area contributed by atoms with Gasteiger partial charge in [0.25, 0.3) is 0 Å². The summed E-state index contributed by atoms with van der Waals surface area (Å²) in [6, 6.07) is -0.215. The number of hydrogen-bond acceptors (Lipinski definition) is 3. The van der Waals surface area contributed by atoms with Crippen molar-refractivity contribution < 1.29 is 9.90 Å². The molecule has 1 rings (SSSR count). The highest BCUT2D eigenvalue weighted by Crippen LogP contribution is 2.23. The van der Waals surface area contributed by atoms with Crippen molar-refractivity contribution in [3.05, 3.63) is 17.0 Å². The molecule has 0 radical (unpaired) electrons. The molecule has 3 unspecified atom stereocenters. The lowest BCUT2D eigenvalue weighted by Gasteiger charge is -2.20. The summed E-state index contributed by atoms with van der Waals surface area (Å²) in [7, 11) is 1.91. The minimum atomic E-state index is -0.344. The summed E-state index contributed by atoms with van der Waals surface area (Å²) in [5.41, 5.74) is 3.12. The van der Waals surface area contributed by atoms with Crippen LogP contribution < -0.4 is 10.6 Å².